The van der Waals surface area contributed by atoms with E-state index in [1.807, 2.05) is 12.1 Å². The van der Waals surface area contributed by atoms with Crippen LogP contribution in [0.2, 0.25) is 0 Å². The number of aromatic nitrogens is 5. The van der Waals surface area contributed by atoms with Crippen molar-refractivity contribution in [2.75, 3.05) is 0 Å². The minimum Gasteiger partial charge on any atom is -0.318 e. The fourth-order valence-corrected chi connectivity index (χ4v) is 8.33. The fourth-order valence-electron chi connectivity index (χ4n) is 8.33. The van der Waals surface area contributed by atoms with Crippen molar-refractivity contribution in [1.82, 2.24) is 18.7 Å². The summed E-state index contributed by atoms with van der Waals surface area (Å²) in [6.45, 7) is 13.3. The predicted molar refractivity (Wildman–Crippen MR) is 222 cm³/mol. The molecule has 10 rings (SSSR count). The molecule has 0 aliphatic heterocycles. The van der Waals surface area contributed by atoms with Crippen LogP contribution in [-0.2, 0) is 26.5 Å². The van der Waals surface area contributed by atoms with Crippen LogP contribution in [0.4, 0.5) is 0 Å². The van der Waals surface area contributed by atoms with E-state index in [0.717, 1.165) is 72.7 Å². The molecule has 0 spiro atoms. The van der Waals surface area contributed by atoms with Crippen LogP contribution in [0.25, 0.3) is 77.7 Å². The summed E-state index contributed by atoms with van der Waals surface area (Å²) in [5.41, 5.74) is 14.2. The number of rotatable bonds is 4. The second-order valence-corrected chi connectivity index (χ2v) is 15.6. The molecule has 0 aliphatic carbocycles. The van der Waals surface area contributed by atoms with Crippen molar-refractivity contribution in [3.63, 3.8) is 0 Å². The molecule has 0 bridgehead atoms. The van der Waals surface area contributed by atoms with Gasteiger partial charge in [0.15, 0.2) is 11.0 Å². The second kappa shape index (κ2) is 12.9. The number of nitrogens with zero attached hydrogens (tertiary/aromatic N) is 5. The minimum absolute atomic E-state index is 0. The van der Waals surface area contributed by atoms with Crippen LogP contribution in [0.3, 0.4) is 0 Å². The maximum atomic E-state index is 5.58. The number of pyridine rings is 1. The molecule has 0 atom stereocenters. The van der Waals surface area contributed by atoms with Crippen LogP contribution in [0, 0.1) is 32.9 Å². The Kier molecular flexibility index (Phi) is 8.22. The third kappa shape index (κ3) is 5.47. The maximum absolute atomic E-state index is 5.58. The molecule has 0 aliphatic rings. The predicted octanol–water partition coefficient (Wildman–Crippen LogP) is 11.3. The van der Waals surface area contributed by atoms with Gasteiger partial charge in [-0.1, -0.05) is 79.7 Å². The van der Waals surface area contributed by atoms with Gasteiger partial charge in [-0.05, 0) is 79.4 Å². The van der Waals surface area contributed by atoms with E-state index in [1.54, 1.807) is 0 Å². The number of hydrogen-bond donors (Lipinski definition) is 0. The van der Waals surface area contributed by atoms with E-state index in [4.69, 9.17) is 4.98 Å². The smallest absolute Gasteiger partial charge is 0.318 e. The molecule has 6 heteroatoms. The number of para-hydroxylation sites is 3. The summed E-state index contributed by atoms with van der Waals surface area (Å²) in [5.74, 6) is 1.10. The van der Waals surface area contributed by atoms with Gasteiger partial charge in [-0.2, -0.15) is 34.9 Å². The van der Waals surface area contributed by atoms with Crippen molar-refractivity contribution in [3.8, 4) is 22.7 Å². The van der Waals surface area contributed by atoms with E-state index in [0.29, 0.717) is 0 Å². The van der Waals surface area contributed by atoms with E-state index in [-0.39, 0.29) is 26.5 Å². The quantitative estimate of drug-likeness (QED) is 0.128. The first-order valence-electron chi connectivity index (χ1n) is 18.7. The SMILES string of the molecule is Cc1ccc2c(c1)c1cc3c4cc(C)ccc4n(-c4[c-]c(-n5c(C)[n+](-c6ccc(C(C)(C)C)cc6)c6ccccc65)ccc4)c3nc1n2-c1[c-]cccc1.[Pt+2]. The van der Waals surface area contributed by atoms with Crippen molar-refractivity contribution in [1.29, 1.82) is 0 Å². The van der Waals surface area contributed by atoms with Gasteiger partial charge in [0, 0.05) is 34.2 Å². The number of fused-ring (bicyclic) bond motifs is 7. The van der Waals surface area contributed by atoms with Crippen molar-refractivity contribution in [2.45, 2.75) is 47.0 Å². The largest absolute Gasteiger partial charge is 2.00 e. The monoisotopic (exact) mass is 893 g/mol. The molecule has 0 fully saturated rings. The normalized spacial score (nSPS) is 12.0. The van der Waals surface area contributed by atoms with Crippen molar-refractivity contribution in [2.24, 2.45) is 0 Å². The Bertz CT molecular complexity index is 3100. The molecule has 4 heterocycles. The van der Waals surface area contributed by atoms with Crippen LogP contribution in [0.15, 0.2) is 133 Å². The van der Waals surface area contributed by atoms with Crippen molar-refractivity contribution < 1.29 is 25.6 Å². The molecule has 55 heavy (non-hydrogen) atoms. The van der Waals surface area contributed by atoms with Crippen LogP contribution in [0.1, 0.15) is 43.3 Å². The van der Waals surface area contributed by atoms with Gasteiger partial charge in [-0.3, -0.25) is 0 Å². The van der Waals surface area contributed by atoms with Crippen LogP contribution >= 0.6 is 0 Å². The molecule has 0 radical (unpaired) electrons. The molecule has 0 N–H and O–H groups in total. The average molecular weight is 894 g/mol. The third-order valence-electron chi connectivity index (χ3n) is 11.0. The Morgan fingerprint density at radius 3 is 1.75 bits per heavy atom. The molecule has 0 amide bonds. The van der Waals surface area contributed by atoms with Gasteiger partial charge in [-0.15, -0.1) is 24.3 Å². The van der Waals surface area contributed by atoms with Crippen molar-refractivity contribution >= 4 is 54.9 Å². The molecule has 270 valence electrons. The van der Waals surface area contributed by atoms with Gasteiger partial charge in [0.05, 0.1) is 11.0 Å². The molecule has 0 unspecified atom stereocenters. The number of aryl methyl sites for hydroxylation is 2. The van der Waals surface area contributed by atoms with Gasteiger partial charge in [-0.25, -0.2) is 9.55 Å². The second-order valence-electron chi connectivity index (χ2n) is 15.6. The molecular formula is C49H40N5Pt+. The first kappa shape index (κ1) is 35.0. The fraction of sp³-hybridized carbons (Fsp3) is 0.143. The van der Waals surface area contributed by atoms with Gasteiger partial charge in [0.1, 0.15) is 17.0 Å². The molecule has 10 aromatic rings. The number of imidazole rings is 1. The van der Waals surface area contributed by atoms with Crippen molar-refractivity contribution in [3.05, 3.63) is 168 Å². The van der Waals surface area contributed by atoms with E-state index in [1.165, 1.54) is 27.5 Å². The maximum Gasteiger partial charge on any atom is 2.00 e. The zero-order chi connectivity index (χ0) is 36.9. The molecule has 0 saturated carbocycles. The third-order valence-corrected chi connectivity index (χ3v) is 11.0. The van der Waals surface area contributed by atoms with Crippen LogP contribution in [0.5, 0.6) is 0 Å². The van der Waals surface area contributed by atoms with Crippen LogP contribution in [-0.4, -0.2) is 18.7 Å². The van der Waals surface area contributed by atoms with Gasteiger partial charge < -0.3 is 9.13 Å². The zero-order valence-electron chi connectivity index (χ0n) is 31.8. The Morgan fingerprint density at radius 1 is 0.545 bits per heavy atom. The first-order valence-corrected chi connectivity index (χ1v) is 18.7. The van der Waals surface area contributed by atoms with Gasteiger partial charge in [0.25, 0.3) is 5.82 Å². The topological polar surface area (TPSA) is 31.6 Å². The number of benzene rings is 6. The van der Waals surface area contributed by atoms with E-state index >= 15 is 0 Å². The minimum atomic E-state index is 0. The standard InChI is InChI=1S/C49H40N5.Pt/c1-31-19-25-43-39(27-31)41-30-42-40-28-32(2)20-26-44(40)54(48(42)50-47(41)53(43)35-13-8-7-9-14-35)38-16-12-15-37(29-38)52-33(3)51(45-17-10-11-18-46(45)52)36-23-21-34(22-24-36)49(4,5)6;/h7-13,15-28,30H,1-6H3;/q-1;+2. The molecule has 5 nitrogen and oxygen atoms in total. The van der Waals surface area contributed by atoms with E-state index in [2.05, 4.69) is 193 Å². The summed E-state index contributed by atoms with van der Waals surface area (Å²) in [4.78, 5) is 5.58. The summed E-state index contributed by atoms with van der Waals surface area (Å²) in [6.07, 6.45) is 0. The van der Waals surface area contributed by atoms with E-state index in [9.17, 15) is 0 Å². The number of hydrogen-bond acceptors (Lipinski definition) is 1. The van der Waals surface area contributed by atoms with Gasteiger partial charge >= 0.3 is 21.1 Å². The summed E-state index contributed by atoms with van der Waals surface area (Å²) in [6, 6.07) is 55.3. The van der Waals surface area contributed by atoms with E-state index < -0.39 is 0 Å². The molecule has 0 saturated heterocycles. The molecular weight excluding hydrogens is 854 g/mol. The summed E-state index contributed by atoms with van der Waals surface area (Å²) < 4.78 is 9.21. The Balaban J connectivity index is 0.00000397. The summed E-state index contributed by atoms with van der Waals surface area (Å²) in [7, 11) is 0. The zero-order valence-corrected chi connectivity index (χ0v) is 34.0. The summed E-state index contributed by atoms with van der Waals surface area (Å²) in [5, 5.41) is 4.62. The Labute approximate surface area is 335 Å². The Hall–Kier alpha value is -5.77. The Morgan fingerprint density at radius 2 is 1.13 bits per heavy atom. The molecule has 6 aromatic carbocycles. The summed E-state index contributed by atoms with van der Waals surface area (Å²) >= 11 is 0. The average Bonchev–Trinajstić information content (AvgIpc) is 3.77. The van der Waals surface area contributed by atoms with Gasteiger partial charge in [0.2, 0.25) is 0 Å². The first-order chi connectivity index (χ1) is 26.2. The molecule has 4 aromatic heterocycles. The van der Waals surface area contributed by atoms with Crippen LogP contribution < -0.4 is 4.57 Å².